The number of anilines is 2. The zero-order valence-corrected chi connectivity index (χ0v) is 16.8. The lowest BCUT2D eigenvalue weighted by atomic mass is 10.1. The summed E-state index contributed by atoms with van der Waals surface area (Å²) in [5.74, 6) is -0.225. The molecule has 2 N–H and O–H groups in total. The molecule has 4 aromatic rings. The van der Waals surface area contributed by atoms with Gasteiger partial charge in [0.2, 0.25) is 5.91 Å². The predicted molar refractivity (Wildman–Crippen MR) is 112 cm³/mol. The molecule has 146 valence electrons. The quantitative estimate of drug-likeness (QED) is 0.450. The normalized spacial score (nSPS) is 10.8. The summed E-state index contributed by atoms with van der Waals surface area (Å²) in [5.41, 5.74) is 2.88. The Labute approximate surface area is 173 Å². The number of aryl methyl sites for hydroxylation is 1. The number of thioether (sulfide) groups is 1. The molecular weight excluding hydrogens is 410 g/mol. The van der Waals surface area contributed by atoms with Gasteiger partial charge in [-0.05, 0) is 36.8 Å². The van der Waals surface area contributed by atoms with Gasteiger partial charge in [-0.2, -0.15) is 0 Å². The third-order valence-corrected chi connectivity index (χ3v) is 6.06. The number of thiazole rings is 1. The number of rotatable bonds is 6. The molecule has 29 heavy (non-hydrogen) atoms. The molecular formula is C19H15N5O3S2. The maximum absolute atomic E-state index is 12.5. The van der Waals surface area contributed by atoms with Gasteiger partial charge >= 0.3 is 6.01 Å². The maximum Gasteiger partial charge on any atom is 0.301 e. The number of pyridine rings is 1. The van der Waals surface area contributed by atoms with Gasteiger partial charge in [-0.15, -0.1) is 11.3 Å². The number of aromatic nitrogens is 3. The molecule has 8 nitrogen and oxygen atoms in total. The van der Waals surface area contributed by atoms with E-state index >= 15 is 0 Å². The summed E-state index contributed by atoms with van der Waals surface area (Å²) in [6.07, 6.45) is 6.10. The lowest BCUT2D eigenvalue weighted by molar-refractivity contribution is -0.113. The van der Waals surface area contributed by atoms with E-state index in [-0.39, 0.29) is 23.6 Å². The first-order chi connectivity index (χ1) is 14.1. The van der Waals surface area contributed by atoms with Gasteiger partial charge in [0.25, 0.3) is 5.91 Å². The van der Waals surface area contributed by atoms with Crippen LogP contribution in [-0.2, 0) is 4.79 Å². The van der Waals surface area contributed by atoms with Crippen LogP contribution in [0.5, 0.6) is 0 Å². The number of amides is 2. The van der Waals surface area contributed by atoms with Crippen LogP contribution in [0, 0.1) is 6.92 Å². The predicted octanol–water partition coefficient (Wildman–Crippen LogP) is 3.97. The van der Waals surface area contributed by atoms with E-state index in [2.05, 4.69) is 25.6 Å². The Balaban J connectivity index is 1.41. The van der Waals surface area contributed by atoms with Gasteiger partial charge in [-0.3, -0.25) is 19.9 Å². The smallest absolute Gasteiger partial charge is 0.301 e. The minimum atomic E-state index is -0.225. The van der Waals surface area contributed by atoms with Crippen LogP contribution in [0.15, 0.2) is 57.9 Å². The summed E-state index contributed by atoms with van der Waals surface area (Å²) >= 11 is 2.79. The number of benzene rings is 1. The van der Waals surface area contributed by atoms with Gasteiger partial charge in [0.15, 0.2) is 4.34 Å². The second-order valence-corrected chi connectivity index (χ2v) is 8.23. The van der Waals surface area contributed by atoms with Crippen molar-refractivity contribution >= 4 is 56.8 Å². The van der Waals surface area contributed by atoms with Crippen molar-refractivity contribution in [3.05, 3.63) is 60.2 Å². The highest BCUT2D eigenvalue weighted by Crippen LogP contribution is 2.31. The van der Waals surface area contributed by atoms with E-state index in [0.29, 0.717) is 11.3 Å². The van der Waals surface area contributed by atoms with Crippen LogP contribution in [0.4, 0.5) is 11.7 Å². The Bertz CT molecular complexity index is 1170. The SMILES string of the molecule is Cc1cnccc1C(=O)Nc1ccc2nc(SCC(=O)Nc3ncco3)sc2c1. The zero-order chi connectivity index (χ0) is 20.2. The first-order valence-electron chi connectivity index (χ1n) is 8.53. The largest absolute Gasteiger partial charge is 0.432 e. The van der Waals surface area contributed by atoms with E-state index in [0.717, 1.165) is 20.1 Å². The number of carbonyl (C=O) groups excluding carboxylic acids is 2. The molecule has 4 rings (SSSR count). The molecule has 0 saturated heterocycles. The van der Waals surface area contributed by atoms with E-state index in [9.17, 15) is 9.59 Å². The fraction of sp³-hybridized carbons (Fsp3) is 0.105. The summed E-state index contributed by atoms with van der Waals surface area (Å²) in [4.78, 5) is 36.8. The van der Waals surface area contributed by atoms with Gasteiger partial charge in [0.1, 0.15) is 6.26 Å². The second kappa shape index (κ2) is 8.41. The molecule has 10 heteroatoms. The van der Waals surface area contributed by atoms with Crippen molar-refractivity contribution < 1.29 is 14.0 Å². The molecule has 1 aromatic carbocycles. The molecule has 0 atom stereocenters. The monoisotopic (exact) mass is 425 g/mol. The van der Waals surface area contributed by atoms with Crippen LogP contribution in [0.1, 0.15) is 15.9 Å². The highest BCUT2D eigenvalue weighted by molar-refractivity contribution is 8.01. The Morgan fingerprint density at radius 3 is 2.90 bits per heavy atom. The van der Waals surface area contributed by atoms with E-state index < -0.39 is 0 Å². The van der Waals surface area contributed by atoms with Crippen LogP contribution < -0.4 is 10.6 Å². The van der Waals surface area contributed by atoms with E-state index in [1.54, 1.807) is 24.5 Å². The third-order valence-electron chi connectivity index (χ3n) is 3.90. The molecule has 2 amide bonds. The average Bonchev–Trinajstić information content (AvgIpc) is 3.35. The van der Waals surface area contributed by atoms with Crippen molar-refractivity contribution in [2.45, 2.75) is 11.3 Å². The van der Waals surface area contributed by atoms with Gasteiger partial charge in [-0.25, -0.2) is 9.97 Å². The Morgan fingerprint density at radius 2 is 2.10 bits per heavy atom. The average molecular weight is 425 g/mol. The third kappa shape index (κ3) is 4.61. The summed E-state index contributed by atoms with van der Waals surface area (Å²) < 4.78 is 6.67. The van der Waals surface area contributed by atoms with Crippen molar-refractivity contribution in [3.8, 4) is 0 Å². The number of hydrogen-bond acceptors (Lipinski definition) is 8. The molecule has 0 bridgehead atoms. The molecule has 0 radical (unpaired) electrons. The number of nitrogens with one attached hydrogen (secondary N) is 2. The Morgan fingerprint density at radius 1 is 1.21 bits per heavy atom. The number of nitrogens with zero attached hydrogens (tertiary/aromatic N) is 3. The number of carbonyl (C=O) groups is 2. The van der Waals surface area contributed by atoms with Gasteiger partial charge < -0.3 is 9.73 Å². The van der Waals surface area contributed by atoms with Crippen LogP contribution in [-0.4, -0.2) is 32.5 Å². The van der Waals surface area contributed by atoms with Crippen molar-refractivity contribution in [1.82, 2.24) is 15.0 Å². The van der Waals surface area contributed by atoms with Crippen molar-refractivity contribution in [1.29, 1.82) is 0 Å². The Hall–Kier alpha value is -3.24. The van der Waals surface area contributed by atoms with Gasteiger partial charge in [-0.1, -0.05) is 11.8 Å². The molecule has 0 spiro atoms. The highest BCUT2D eigenvalue weighted by atomic mass is 32.2. The first kappa shape index (κ1) is 19.1. The maximum atomic E-state index is 12.5. The minimum Gasteiger partial charge on any atom is -0.432 e. The van der Waals surface area contributed by atoms with E-state index in [4.69, 9.17) is 4.42 Å². The van der Waals surface area contributed by atoms with Crippen LogP contribution in [0.25, 0.3) is 10.2 Å². The highest BCUT2D eigenvalue weighted by Gasteiger charge is 2.12. The van der Waals surface area contributed by atoms with Crippen molar-refractivity contribution in [3.63, 3.8) is 0 Å². The molecule has 0 aliphatic rings. The van der Waals surface area contributed by atoms with Crippen LogP contribution in [0.3, 0.4) is 0 Å². The Kier molecular flexibility index (Phi) is 5.54. The molecule has 0 aliphatic carbocycles. The molecule has 3 heterocycles. The van der Waals surface area contributed by atoms with Gasteiger partial charge in [0.05, 0.1) is 22.2 Å². The lowest BCUT2D eigenvalue weighted by Crippen LogP contribution is -2.14. The zero-order valence-electron chi connectivity index (χ0n) is 15.2. The summed E-state index contributed by atoms with van der Waals surface area (Å²) in [5, 5.41) is 5.46. The van der Waals surface area contributed by atoms with Crippen LogP contribution in [0.2, 0.25) is 0 Å². The summed E-state index contributed by atoms with van der Waals surface area (Å²) in [6, 6.07) is 7.38. The van der Waals surface area contributed by atoms with Gasteiger partial charge in [0, 0.05) is 23.6 Å². The molecule has 0 saturated carbocycles. The number of hydrogen-bond donors (Lipinski definition) is 2. The summed E-state index contributed by atoms with van der Waals surface area (Å²) in [6.45, 7) is 1.84. The second-order valence-electron chi connectivity index (χ2n) is 5.98. The molecule has 0 fully saturated rings. The number of fused-ring (bicyclic) bond motifs is 1. The number of oxazole rings is 1. The van der Waals surface area contributed by atoms with Crippen molar-refractivity contribution in [2.75, 3.05) is 16.4 Å². The lowest BCUT2D eigenvalue weighted by Gasteiger charge is -2.07. The molecule has 3 aromatic heterocycles. The molecule has 0 aliphatic heterocycles. The minimum absolute atomic E-state index is 0.171. The first-order valence-corrected chi connectivity index (χ1v) is 10.3. The fourth-order valence-electron chi connectivity index (χ4n) is 2.54. The molecule has 0 unspecified atom stereocenters. The van der Waals surface area contributed by atoms with Crippen molar-refractivity contribution in [2.24, 2.45) is 0 Å². The standard InChI is InChI=1S/C19H15N5O3S2/c1-11-9-20-5-4-13(11)17(26)22-12-2-3-14-15(8-12)29-19(23-14)28-10-16(25)24-18-21-6-7-27-18/h2-9H,10H2,1H3,(H,22,26)(H,21,24,25). The van der Waals surface area contributed by atoms with E-state index in [1.807, 2.05) is 19.1 Å². The topological polar surface area (TPSA) is 110 Å². The summed E-state index contributed by atoms with van der Waals surface area (Å²) in [7, 11) is 0. The van der Waals surface area contributed by atoms with E-state index in [1.165, 1.54) is 35.6 Å². The van der Waals surface area contributed by atoms with Crippen LogP contribution >= 0.6 is 23.1 Å². The fourth-order valence-corrected chi connectivity index (χ4v) is 4.45.